The molecule has 0 bridgehead atoms. The molecule has 0 spiro atoms. The minimum atomic E-state index is -3.94. The molecule has 1 saturated carbocycles. The average Bonchev–Trinajstić information content (AvgIpc) is 2.94. The fourth-order valence-electron chi connectivity index (χ4n) is 5.12. The van der Waals surface area contributed by atoms with E-state index in [2.05, 4.69) is 48.6 Å². The molecule has 214 valence electrons. The zero-order valence-corrected chi connectivity index (χ0v) is 25.3. The number of nitrogens with zero attached hydrogens (tertiary/aromatic N) is 2. The van der Waals surface area contributed by atoms with Gasteiger partial charge in [-0.1, -0.05) is 53.5 Å². The summed E-state index contributed by atoms with van der Waals surface area (Å²) >= 11 is 12.0. The van der Waals surface area contributed by atoms with Gasteiger partial charge in [0.15, 0.2) is 6.61 Å². The van der Waals surface area contributed by atoms with Gasteiger partial charge in [-0.2, -0.15) is 0 Å². The molecule has 7 nitrogen and oxygen atoms in total. The SMILES string of the molecule is CN(C)c1ccccc1CC1CCC(NC(=O)COc2ccccc2N(C)S(=O)(=O)c2ccc(Cl)c(Cl)c2)CC1. The Labute approximate surface area is 247 Å². The third-order valence-electron chi connectivity index (χ3n) is 7.31. The Balaban J connectivity index is 1.31. The van der Waals surface area contributed by atoms with E-state index in [0.29, 0.717) is 11.6 Å². The zero-order valence-electron chi connectivity index (χ0n) is 22.9. The van der Waals surface area contributed by atoms with E-state index in [1.165, 1.54) is 36.5 Å². The molecule has 4 rings (SSSR count). The number of carbonyl (C=O) groups excluding carboxylic acids is 1. The van der Waals surface area contributed by atoms with E-state index < -0.39 is 10.0 Å². The molecule has 1 aliphatic carbocycles. The van der Waals surface area contributed by atoms with Gasteiger partial charge >= 0.3 is 0 Å². The number of nitrogens with one attached hydrogen (secondary N) is 1. The predicted octanol–water partition coefficient (Wildman–Crippen LogP) is 6.18. The molecular weight excluding hydrogens is 569 g/mol. The van der Waals surface area contributed by atoms with Crippen LogP contribution in [0.25, 0.3) is 0 Å². The van der Waals surface area contributed by atoms with E-state index in [1.807, 2.05) is 0 Å². The molecule has 3 aromatic carbocycles. The lowest BCUT2D eigenvalue weighted by molar-refractivity contribution is -0.124. The van der Waals surface area contributed by atoms with Crippen LogP contribution in [-0.2, 0) is 21.2 Å². The largest absolute Gasteiger partial charge is 0.482 e. The summed E-state index contributed by atoms with van der Waals surface area (Å²) in [6, 6.07) is 19.5. The van der Waals surface area contributed by atoms with Crippen molar-refractivity contribution in [2.24, 2.45) is 5.92 Å². The Kier molecular flexibility index (Phi) is 9.87. The van der Waals surface area contributed by atoms with Crippen LogP contribution < -0.4 is 19.3 Å². The number of benzene rings is 3. The number of rotatable bonds is 10. The van der Waals surface area contributed by atoms with Crippen LogP contribution in [0.1, 0.15) is 31.2 Å². The molecule has 0 aromatic heterocycles. The first kappa shape index (κ1) is 30.0. The third kappa shape index (κ3) is 7.22. The van der Waals surface area contributed by atoms with E-state index in [-0.39, 0.29) is 39.2 Å². The van der Waals surface area contributed by atoms with Crippen LogP contribution in [0.3, 0.4) is 0 Å². The van der Waals surface area contributed by atoms with Gasteiger partial charge in [-0.3, -0.25) is 9.10 Å². The minimum absolute atomic E-state index is 0.00208. The maximum atomic E-state index is 13.2. The van der Waals surface area contributed by atoms with E-state index in [9.17, 15) is 13.2 Å². The monoisotopic (exact) mass is 603 g/mol. The fraction of sp³-hybridized carbons (Fsp3) is 0.367. The number of amides is 1. The van der Waals surface area contributed by atoms with Crippen LogP contribution in [0.2, 0.25) is 10.0 Å². The van der Waals surface area contributed by atoms with Gasteiger partial charge in [0.25, 0.3) is 15.9 Å². The van der Waals surface area contributed by atoms with Crippen molar-refractivity contribution in [2.75, 3.05) is 37.0 Å². The van der Waals surface area contributed by atoms with Crippen molar-refractivity contribution in [2.45, 2.75) is 43.0 Å². The first-order valence-corrected chi connectivity index (χ1v) is 15.5. The normalized spacial score (nSPS) is 17.2. The van der Waals surface area contributed by atoms with E-state index in [0.717, 1.165) is 36.4 Å². The third-order valence-corrected chi connectivity index (χ3v) is 9.81. The fourth-order valence-corrected chi connectivity index (χ4v) is 6.71. The molecule has 0 aliphatic heterocycles. The van der Waals surface area contributed by atoms with Crippen LogP contribution >= 0.6 is 23.2 Å². The molecule has 1 fully saturated rings. The van der Waals surface area contributed by atoms with Crippen molar-refractivity contribution < 1.29 is 17.9 Å². The average molecular weight is 605 g/mol. The van der Waals surface area contributed by atoms with Gasteiger partial charge in [-0.25, -0.2) is 8.42 Å². The number of hydrogen-bond donors (Lipinski definition) is 1. The summed E-state index contributed by atoms with van der Waals surface area (Å²) in [5, 5.41) is 3.50. The molecule has 0 unspecified atom stereocenters. The maximum Gasteiger partial charge on any atom is 0.264 e. The Hall–Kier alpha value is -2.94. The Bertz CT molecular complexity index is 1440. The van der Waals surface area contributed by atoms with Gasteiger partial charge in [0.05, 0.1) is 20.6 Å². The molecule has 10 heteroatoms. The molecule has 40 heavy (non-hydrogen) atoms. The molecule has 0 heterocycles. The summed E-state index contributed by atoms with van der Waals surface area (Å²) in [7, 11) is 1.62. The first-order chi connectivity index (χ1) is 19.1. The molecule has 1 aliphatic rings. The number of para-hydroxylation sites is 3. The van der Waals surface area contributed by atoms with Crippen molar-refractivity contribution >= 4 is 50.5 Å². The smallest absolute Gasteiger partial charge is 0.264 e. The van der Waals surface area contributed by atoms with Gasteiger partial charge in [0.2, 0.25) is 0 Å². The number of anilines is 2. The van der Waals surface area contributed by atoms with Crippen LogP contribution in [0.15, 0.2) is 71.6 Å². The van der Waals surface area contributed by atoms with Gasteiger partial charge in [0.1, 0.15) is 5.75 Å². The molecule has 1 amide bonds. The highest BCUT2D eigenvalue weighted by atomic mass is 35.5. The highest BCUT2D eigenvalue weighted by Crippen LogP contribution is 2.34. The molecule has 0 saturated heterocycles. The van der Waals surface area contributed by atoms with Crippen molar-refractivity contribution in [1.29, 1.82) is 0 Å². The lowest BCUT2D eigenvalue weighted by Crippen LogP contribution is -2.40. The second-order valence-corrected chi connectivity index (χ2v) is 13.1. The van der Waals surface area contributed by atoms with E-state index >= 15 is 0 Å². The number of sulfonamides is 1. The maximum absolute atomic E-state index is 13.2. The van der Waals surface area contributed by atoms with Gasteiger partial charge in [0, 0.05) is 32.9 Å². The lowest BCUT2D eigenvalue weighted by atomic mass is 9.82. The minimum Gasteiger partial charge on any atom is -0.482 e. The molecule has 3 aromatic rings. The summed E-state index contributed by atoms with van der Waals surface area (Å²) in [6.45, 7) is -0.214. The van der Waals surface area contributed by atoms with Crippen molar-refractivity contribution in [1.82, 2.24) is 5.32 Å². The predicted molar refractivity (Wildman–Crippen MR) is 162 cm³/mol. The van der Waals surface area contributed by atoms with Crippen LogP contribution in [-0.4, -0.2) is 48.1 Å². The van der Waals surface area contributed by atoms with E-state index in [1.54, 1.807) is 24.3 Å². The summed E-state index contributed by atoms with van der Waals surface area (Å²) in [5.74, 6) is 0.642. The first-order valence-electron chi connectivity index (χ1n) is 13.3. The highest BCUT2D eigenvalue weighted by Gasteiger charge is 2.26. The van der Waals surface area contributed by atoms with Crippen molar-refractivity contribution in [3.05, 3.63) is 82.3 Å². The van der Waals surface area contributed by atoms with Gasteiger partial charge in [-0.15, -0.1) is 0 Å². The zero-order chi connectivity index (χ0) is 28.9. The van der Waals surface area contributed by atoms with Crippen LogP contribution in [0, 0.1) is 5.92 Å². The standard InChI is InChI=1S/C30H35Cl2N3O4S/c1-34(2)27-9-5-4-8-22(27)18-21-12-14-23(15-13-21)33-30(36)20-39-29-11-7-6-10-28(29)35(3)40(37,38)24-16-17-25(31)26(32)19-24/h4-11,16-17,19,21,23H,12-15,18,20H2,1-3H3,(H,33,36). The lowest BCUT2D eigenvalue weighted by Gasteiger charge is -2.30. The number of halogens is 2. The summed E-state index contributed by atoms with van der Waals surface area (Å²) in [6.07, 6.45) is 4.97. The molecule has 0 radical (unpaired) electrons. The number of carbonyl (C=O) groups is 1. The molecular formula is C30H35Cl2N3O4S. The van der Waals surface area contributed by atoms with Crippen LogP contribution in [0.5, 0.6) is 5.75 Å². The Morgan fingerprint density at radius 1 is 0.900 bits per heavy atom. The second-order valence-electron chi connectivity index (χ2n) is 10.3. The molecule has 0 atom stereocenters. The highest BCUT2D eigenvalue weighted by molar-refractivity contribution is 7.92. The van der Waals surface area contributed by atoms with Gasteiger partial charge in [-0.05, 0) is 80.0 Å². The summed E-state index contributed by atoms with van der Waals surface area (Å²) in [5.41, 5.74) is 2.92. The number of hydrogen-bond acceptors (Lipinski definition) is 5. The number of ether oxygens (including phenoxy) is 1. The molecule has 1 N–H and O–H groups in total. The topological polar surface area (TPSA) is 79.0 Å². The van der Waals surface area contributed by atoms with Crippen molar-refractivity contribution in [3.63, 3.8) is 0 Å². The van der Waals surface area contributed by atoms with Gasteiger partial charge < -0.3 is 15.0 Å². The summed E-state index contributed by atoms with van der Waals surface area (Å²) < 4.78 is 33.4. The van der Waals surface area contributed by atoms with E-state index in [4.69, 9.17) is 27.9 Å². The second kappa shape index (κ2) is 13.1. The Morgan fingerprint density at radius 2 is 1.55 bits per heavy atom. The summed E-state index contributed by atoms with van der Waals surface area (Å²) in [4.78, 5) is 14.9. The van der Waals surface area contributed by atoms with Crippen molar-refractivity contribution in [3.8, 4) is 5.75 Å². The van der Waals surface area contributed by atoms with Crippen LogP contribution in [0.4, 0.5) is 11.4 Å². The quantitative estimate of drug-likeness (QED) is 0.299. The Morgan fingerprint density at radius 3 is 2.23 bits per heavy atom.